The smallest absolute Gasteiger partial charge is 0.246 e. The average Bonchev–Trinajstić information content (AvgIpc) is 3.64. The quantitative estimate of drug-likeness (QED) is 0.0633. The number of thioether (sulfide) groups is 2. The number of benzene rings is 2. The molecule has 17 heteroatoms. The van der Waals surface area contributed by atoms with Gasteiger partial charge in [0.1, 0.15) is 24.2 Å². The van der Waals surface area contributed by atoms with Gasteiger partial charge in [-0.15, -0.1) is 23.5 Å². The van der Waals surface area contributed by atoms with E-state index < -0.39 is 47.1 Å². The van der Waals surface area contributed by atoms with Crippen molar-refractivity contribution in [3.05, 3.63) is 84.1 Å². The Kier molecular flexibility index (Phi) is 19.3. The lowest BCUT2D eigenvalue weighted by Gasteiger charge is -2.35. The van der Waals surface area contributed by atoms with Crippen molar-refractivity contribution < 1.29 is 28.7 Å². The van der Waals surface area contributed by atoms with E-state index in [1.807, 2.05) is 98.4 Å². The first-order chi connectivity index (χ1) is 32.5. The van der Waals surface area contributed by atoms with E-state index in [0.29, 0.717) is 37.5 Å². The first kappa shape index (κ1) is 53.6. The molecule has 0 aromatic heterocycles. The maximum atomic E-state index is 14.5. The lowest BCUT2D eigenvalue weighted by Crippen LogP contribution is -2.58. The van der Waals surface area contributed by atoms with Gasteiger partial charge in [0.2, 0.25) is 23.6 Å². The molecule has 374 valence electrons. The SMILES string of the molecule is C=C(N[C@H]1CCS[C@H]2CC(C)(C)[C@@H](C(=O)N[C@H](COCCCCOC[C@@H](NC(=O)[C@H]3N4C(=O)[C@@H](NC(=S)[C@H](C)NC)CCS[C@H]4CC3(C)C)c3ccccc3)c3ccccc3)N2C1=O)[C@H](C)NC. The summed E-state index contributed by atoms with van der Waals surface area (Å²) in [5.41, 5.74) is 1.70. The largest absolute Gasteiger partial charge is 0.379 e. The summed E-state index contributed by atoms with van der Waals surface area (Å²) in [6, 6.07) is 16.4. The van der Waals surface area contributed by atoms with Crippen LogP contribution in [-0.2, 0) is 28.7 Å². The van der Waals surface area contributed by atoms with Crippen LogP contribution in [0.1, 0.15) is 103 Å². The van der Waals surface area contributed by atoms with Crippen LogP contribution in [0.25, 0.3) is 0 Å². The molecule has 0 unspecified atom stereocenters. The fourth-order valence-corrected chi connectivity index (χ4v) is 13.2. The number of hydrogen-bond acceptors (Lipinski definition) is 12. The molecule has 4 fully saturated rings. The molecule has 6 rings (SSSR count). The van der Waals surface area contributed by atoms with Gasteiger partial charge in [-0.1, -0.05) is 107 Å². The van der Waals surface area contributed by atoms with Crippen molar-refractivity contribution >= 4 is 64.4 Å². The molecule has 10 atom stereocenters. The second kappa shape index (κ2) is 24.4. The third-order valence-electron chi connectivity index (χ3n) is 14.0. The molecule has 4 amide bonds. The highest BCUT2D eigenvalue weighted by Gasteiger charge is 2.56. The molecule has 4 aliphatic rings. The third kappa shape index (κ3) is 13.2. The van der Waals surface area contributed by atoms with E-state index in [1.54, 1.807) is 23.5 Å². The monoisotopic (exact) mass is 993 g/mol. The summed E-state index contributed by atoms with van der Waals surface area (Å²) in [6.07, 6.45) is 4.16. The second-order valence-corrected chi connectivity index (χ2v) is 23.0. The Morgan fingerprint density at radius 3 is 1.53 bits per heavy atom. The molecule has 0 bridgehead atoms. The standard InChI is InChI=1S/C51H76N8O6S3/c1-32(52-8)33(2)54-37-22-26-67-41-28-50(4,5)43(58(41)48(37)62)45(60)55-39(35-18-12-10-13-19-35)30-64-24-16-17-25-65-31-40(36-20-14-11-15-21-36)56-46(61)44-51(6,7)29-42-59(44)49(63)38(23-27-68-42)57-47(66)34(3)53-9/h10-15,18-21,32,34,37-44,52-54H,2,16-17,22-31H2,1,3-9H3,(H,55,60)(H,56,61)(H,57,66)/t32-,34-,37-,38-,39+,40+,41-,42-,43+,44+/m0/s1. The summed E-state index contributed by atoms with van der Waals surface area (Å²) in [5, 5.41) is 19.4. The molecular formula is C51H76N8O6S3. The zero-order chi connectivity index (χ0) is 49.2. The number of rotatable bonds is 22. The minimum atomic E-state index is -0.664. The van der Waals surface area contributed by atoms with Gasteiger partial charge in [-0.25, -0.2) is 0 Å². The lowest BCUT2D eigenvalue weighted by atomic mass is 9.83. The molecule has 68 heavy (non-hydrogen) atoms. The number of carbonyl (C=O) groups excluding carboxylic acids is 4. The van der Waals surface area contributed by atoms with Gasteiger partial charge in [-0.05, 0) is 99.9 Å². The highest BCUT2D eigenvalue weighted by molar-refractivity contribution is 8.00. The van der Waals surface area contributed by atoms with Crippen molar-refractivity contribution in [2.24, 2.45) is 10.8 Å². The number of ether oxygens (including phenoxy) is 2. The predicted octanol–water partition coefficient (Wildman–Crippen LogP) is 5.67. The molecule has 0 aliphatic carbocycles. The van der Waals surface area contributed by atoms with E-state index in [4.69, 9.17) is 21.7 Å². The number of hydrogen-bond donors (Lipinski definition) is 6. The molecule has 0 radical (unpaired) electrons. The number of nitrogens with zero attached hydrogens (tertiary/aromatic N) is 2. The summed E-state index contributed by atoms with van der Waals surface area (Å²) in [6.45, 7) is 17.9. The predicted molar refractivity (Wildman–Crippen MR) is 278 cm³/mol. The van der Waals surface area contributed by atoms with Crippen molar-refractivity contribution in [3.63, 3.8) is 0 Å². The Bertz CT molecular complexity index is 1900. The first-order valence-corrected chi connectivity index (χ1v) is 26.8. The van der Waals surface area contributed by atoms with Gasteiger partial charge in [0.15, 0.2) is 0 Å². The van der Waals surface area contributed by atoms with Crippen LogP contribution in [0.15, 0.2) is 72.9 Å². The molecule has 14 nitrogen and oxygen atoms in total. The van der Waals surface area contributed by atoms with Crippen LogP contribution in [0, 0.1) is 10.8 Å². The van der Waals surface area contributed by atoms with Crippen LogP contribution in [0.5, 0.6) is 0 Å². The average molecular weight is 993 g/mol. The minimum absolute atomic E-state index is 0.0123. The fraction of sp³-hybridized carbons (Fsp3) is 0.627. The van der Waals surface area contributed by atoms with Gasteiger partial charge in [0.05, 0.1) is 47.1 Å². The lowest BCUT2D eigenvalue weighted by molar-refractivity contribution is -0.143. The number of thiocarbonyl (C=S) groups is 1. The van der Waals surface area contributed by atoms with E-state index in [-0.39, 0.29) is 59.7 Å². The Morgan fingerprint density at radius 2 is 1.12 bits per heavy atom. The van der Waals surface area contributed by atoms with Crippen molar-refractivity contribution in [2.75, 3.05) is 52.0 Å². The number of carbonyl (C=O) groups is 4. The summed E-state index contributed by atoms with van der Waals surface area (Å²) >= 11 is 9.10. The molecule has 2 aromatic rings. The third-order valence-corrected chi connectivity index (χ3v) is 17.0. The minimum Gasteiger partial charge on any atom is -0.379 e. The van der Waals surface area contributed by atoms with Gasteiger partial charge in [0, 0.05) is 25.0 Å². The van der Waals surface area contributed by atoms with Crippen molar-refractivity contribution in [1.82, 2.24) is 41.7 Å². The maximum absolute atomic E-state index is 14.5. The number of unbranched alkanes of at least 4 members (excludes halogenated alkanes) is 1. The van der Waals surface area contributed by atoms with Gasteiger partial charge in [-0.3, -0.25) is 19.2 Å². The number of nitrogens with one attached hydrogen (secondary N) is 6. The second-order valence-electron chi connectivity index (χ2n) is 20.0. The van der Waals surface area contributed by atoms with Gasteiger partial charge >= 0.3 is 0 Å². The van der Waals surface area contributed by atoms with Crippen molar-refractivity contribution in [1.29, 1.82) is 0 Å². The van der Waals surface area contributed by atoms with Crippen LogP contribution < -0.4 is 31.9 Å². The van der Waals surface area contributed by atoms with Crippen LogP contribution in [0.4, 0.5) is 0 Å². The number of fused-ring (bicyclic) bond motifs is 2. The van der Waals surface area contributed by atoms with Crippen LogP contribution in [-0.4, -0.2) is 137 Å². The molecule has 4 saturated heterocycles. The highest BCUT2D eigenvalue weighted by atomic mass is 32.2. The first-order valence-electron chi connectivity index (χ1n) is 24.3. The normalized spacial score (nSPS) is 26.0. The number of likely N-dealkylation sites (N-methyl/N-ethyl adjacent to an activating group) is 2. The van der Waals surface area contributed by atoms with Crippen molar-refractivity contribution in [2.45, 2.75) is 139 Å². The molecular weight excluding hydrogens is 917 g/mol. The summed E-state index contributed by atoms with van der Waals surface area (Å²) in [5.74, 6) is 1.06. The van der Waals surface area contributed by atoms with E-state index in [1.165, 1.54) is 0 Å². The molecule has 6 N–H and O–H groups in total. The van der Waals surface area contributed by atoms with Crippen LogP contribution in [0.2, 0.25) is 0 Å². The van der Waals surface area contributed by atoms with Gasteiger partial charge in [0.25, 0.3) is 0 Å². The molecule has 4 aliphatic heterocycles. The van der Waals surface area contributed by atoms with Gasteiger partial charge < -0.3 is 51.2 Å². The Balaban J connectivity index is 1.03. The van der Waals surface area contributed by atoms with Crippen LogP contribution in [0.3, 0.4) is 0 Å². The summed E-state index contributed by atoms with van der Waals surface area (Å²) < 4.78 is 12.5. The molecule has 0 saturated carbocycles. The van der Waals surface area contributed by atoms with E-state index in [0.717, 1.165) is 47.6 Å². The van der Waals surface area contributed by atoms with E-state index in [2.05, 4.69) is 66.2 Å². The number of amides is 4. The maximum Gasteiger partial charge on any atom is 0.246 e. The molecule has 2 aromatic carbocycles. The van der Waals surface area contributed by atoms with E-state index >= 15 is 0 Å². The Morgan fingerprint density at radius 1 is 0.706 bits per heavy atom. The summed E-state index contributed by atoms with van der Waals surface area (Å²) in [7, 11) is 3.70. The van der Waals surface area contributed by atoms with E-state index in [9.17, 15) is 19.2 Å². The zero-order valence-electron chi connectivity index (χ0n) is 41.3. The molecule has 4 heterocycles. The van der Waals surface area contributed by atoms with Crippen LogP contribution >= 0.6 is 35.7 Å². The fourth-order valence-electron chi connectivity index (χ4n) is 9.78. The van der Waals surface area contributed by atoms with Gasteiger partial charge in [-0.2, -0.15) is 0 Å². The Labute approximate surface area is 418 Å². The zero-order valence-corrected chi connectivity index (χ0v) is 43.8. The van der Waals surface area contributed by atoms with Crippen molar-refractivity contribution in [3.8, 4) is 0 Å². The Hall–Kier alpha value is -3.71. The topological polar surface area (TPSA) is 165 Å². The molecule has 0 spiro atoms. The summed E-state index contributed by atoms with van der Waals surface area (Å²) in [4.78, 5) is 61.6. The highest BCUT2D eigenvalue weighted by Crippen LogP contribution is 2.48.